The van der Waals surface area contributed by atoms with E-state index in [0.717, 1.165) is 12.1 Å². The normalized spacial score (nSPS) is 12.7. The summed E-state index contributed by atoms with van der Waals surface area (Å²) >= 11 is 0. The largest absolute Gasteiger partial charge is 0.480 e. The Morgan fingerprint density at radius 1 is 1.29 bits per heavy atom. The van der Waals surface area contributed by atoms with Crippen LogP contribution >= 0.6 is 0 Å². The van der Waals surface area contributed by atoms with Crippen LogP contribution in [-0.2, 0) is 17.4 Å². The van der Waals surface area contributed by atoms with Crippen LogP contribution in [0.2, 0.25) is 0 Å². The smallest absolute Gasteiger partial charge is 0.416 e. The lowest BCUT2D eigenvalue weighted by Gasteiger charge is -2.09. The first-order chi connectivity index (χ1) is 9.84. The van der Waals surface area contributed by atoms with E-state index >= 15 is 0 Å². The minimum absolute atomic E-state index is 0.272. The van der Waals surface area contributed by atoms with Crippen LogP contribution in [0.25, 0.3) is 0 Å². The number of carboxylic acid groups (broad SMARTS) is 1. The first kappa shape index (κ1) is 17.0. The molecular formula is C15H16F3NO2. The third-order valence-electron chi connectivity index (χ3n) is 3.17. The van der Waals surface area contributed by atoms with Crippen molar-refractivity contribution in [2.75, 3.05) is 0 Å². The molecule has 0 aromatic heterocycles. The number of carbonyl (C=O) groups is 1. The Hall–Kier alpha value is -2.03. The van der Waals surface area contributed by atoms with E-state index in [-0.39, 0.29) is 6.42 Å². The summed E-state index contributed by atoms with van der Waals surface area (Å²) in [5.41, 5.74) is -0.0460. The van der Waals surface area contributed by atoms with Crippen molar-refractivity contribution in [1.82, 2.24) is 0 Å². The number of aliphatic carboxylic acids is 1. The van der Waals surface area contributed by atoms with E-state index in [4.69, 9.17) is 10.4 Å². The second-order valence-corrected chi connectivity index (χ2v) is 4.82. The molecular weight excluding hydrogens is 283 g/mol. The predicted octanol–water partition coefficient (Wildman–Crippen LogP) is 4.03. The monoisotopic (exact) mass is 299 g/mol. The van der Waals surface area contributed by atoms with E-state index in [2.05, 4.69) is 0 Å². The maximum atomic E-state index is 12.5. The molecule has 1 N–H and O–H groups in total. The molecule has 0 saturated carbocycles. The maximum absolute atomic E-state index is 12.5. The zero-order valence-electron chi connectivity index (χ0n) is 11.4. The van der Waals surface area contributed by atoms with Gasteiger partial charge in [0.2, 0.25) is 0 Å². The van der Waals surface area contributed by atoms with Crippen molar-refractivity contribution >= 4 is 5.97 Å². The molecule has 0 aliphatic carbocycles. The fourth-order valence-electron chi connectivity index (χ4n) is 2.00. The van der Waals surface area contributed by atoms with Gasteiger partial charge in [-0.3, -0.25) is 4.79 Å². The molecule has 0 saturated heterocycles. The fourth-order valence-corrected chi connectivity index (χ4v) is 2.00. The lowest BCUT2D eigenvalue weighted by Crippen LogP contribution is -2.10. The third-order valence-corrected chi connectivity index (χ3v) is 3.17. The van der Waals surface area contributed by atoms with Crippen LogP contribution in [-0.4, -0.2) is 11.1 Å². The number of alkyl halides is 3. The number of unbranched alkanes of at least 4 members (excludes halogenated alkanes) is 2. The van der Waals surface area contributed by atoms with Gasteiger partial charge >= 0.3 is 12.1 Å². The van der Waals surface area contributed by atoms with Gasteiger partial charge in [0.25, 0.3) is 0 Å². The van der Waals surface area contributed by atoms with Crippen LogP contribution in [0.15, 0.2) is 24.3 Å². The second-order valence-electron chi connectivity index (χ2n) is 4.82. The van der Waals surface area contributed by atoms with Crippen molar-refractivity contribution in [2.45, 2.75) is 38.3 Å². The summed E-state index contributed by atoms with van der Waals surface area (Å²) in [6, 6.07) is 6.91. The Bertz CT molecular complexity index is 520. The van der Waals surface area contributed by atoms with Crippen LogP contribution in [0.1, 0.15) is 36.8 Å². The molecule has 1 aromatic carbocycles. The Morgan fingerprint density at radius 2 is 2.00 bits per heavy atom. The highest BCUT2D eigenvalue weighted by Crippen LogP contribution is 2.29. The van der Waals surface area contributed by atoms with Crippen molar-refractivity contribution in [3.63, 3.8) is 0 Å². The first-order valence-electron chi connectivity index (χ1n) is 6.63. The summed E-state index contributed by atoms with van der Waals surface area (Å²) < 4.78 is 37.6. The highest BCUT2D eigenvalue weighted by atomic mass is 19.4. The van der Waals surface area contributed by atoms with Crippen molar-refractivity contribution in [2.24, 2.45) is 5.92 Å². The molecule has 0 bridgehead atoms. The van der Waals surface area contributed by atoms with E-state index < -0.39 is 23.6 Å². The Balaban J connectivity index is 2.37. The molecule has 3 nitrogen and oxygen atoms in total. The van der Waals surface area contributed by atoms with Crippen molar-refractivity contribution in [3.8, 4) is 6.07 Å². The highest BCUT2D eigenvalue weighted by molar-refractivity contribution is 5.72. The molecule has 0 aliphatic rings. The average Bonchev–Trinajstić information content (AvgIpc) is 2.41. The van der Waals surface area contributed by atoms with Crippen LogP contribution in [0.3, 0.4) is 0 Å². The molecule has 0 radical (unpaired) electrons. The van der Waals surface area contributed by atoms with E-state index in [0.29, 0.717) is 31.2 Å². The summed E-state index contributed by atoms with van der Waals surface area (Å²) in [6.07, 6.45) is -1.63. The molecule has 6 heteroatoms. The molecule has 1 unspecified atom stereocenters. The SMILES string of the molecule is N#CC(CCCCCc1cccc(C(F)(F)F)c1)C(=O)O. The Morgan fingerprint density at radius 3 is 2.57 bits per heavy atom. The summed E-state index contributed by atoms with van der Waals surface area (Å²) in [4.78, 5) is 10.6. The molecule has 1 rings (SSSR count). The average molecular weight is 299 g/mol. The third kappa shape index (κ3) is 5.86. The van der Waals surface area contributed by atoms with Crippen LogP contribution in [0.4, 0.5) is 13.2 Å². The lowest BCUT2D eigenvalue weighted by molar-refractivity contribution is -0.140. The molecule has 114 valence electrons. The molecule has 0 fully saturated rings. The van der Waals surface area contributed by atoms with Crippen LogP contribution in [0.5, 0.6) is 0 Å². The molecule has 21 heavy (non-hydrogen) atoms. The van der Waals surface area contributed by atoms with Gasteiger partial charge in [-0.25, -0.2) is 0 Å². The zero-order valence-corrected chi connectivity index (χ0v) is 11.4. The van der Waals surface area contributed by atoms with Gasteiger partial charge in [-0.05, 0) is 30.9 Å². The quantitative estimate of drug-likeness (QED) is 0.773. The zero-order chi connectivity index (χ0) is 15.9. The summed E-state index contributed by atoms with van der Waals surface area (Å²) in [5.74, 6) is -2.13. The Kier molecular flexibility index (Phi) is 6.22. The maximum Gasteiger partial charge on any atom is 0.416 e. The molecule has 1 atom stereocenters. The topological polar surface area (TPSA) is 61.1 Å². The van der Waals surface area contributed by atoms with Gasteiger partial charge in [-0.15, -0.1) is 0 Å². The molecule has 0 aliphatic heterocycles. The molecule has 0 heterocycles. The predicted molar refractivity (Wildman–Crippen MR) is 70.4 cm³/mol. The standard InChI is InChI=1S/C15H16F3NO2/c16-15(17,18)13-8-4-6-11(9-13)5-2-1-3-7-12(10-19)14(20)21/h4,6,8-9,12H,1-3,5,7H2,(H,20,21). The van der Waals surface area contributed by atoms with Gasteiger partial charge in [-0.1, -0.05) is 31.0 Å². The Labute approximate surface area is 121 Å². The van der Waals surface area contributed by atoms with E-state index in [9.17, 15) is 18.0 Å². The fraction of sp³-hybridized carbons (Fsp3) is 0.467. The van der Waals surface area contributed by atoms with E-state index in [1.807, 2.05) is 0 Å². The van der Waals surface area contributed by atoms with Crippen molar-refractivity contribution in [3.05, 3.63) is 35.4 Å². The van der Waals surface area contributed by atoms with Gasteiger partial charge in [0, 0.05) is 0 Å². The first-order valence-corrected chi connectivity index (χ1v) is 6.63. The molecule has 0 spiro atoms. The van der Waals surface area contributed by atoms with E-state index in [1.165, 1.54) is 6.07 Å². The number of aryl methyl sites for hydroxylation is 1. The number of carboxylic acids is 1. The number of halogens is 3. The van der Waals surface area contributed by atoms with E-state index in [1.54, 1.807) is 12.1 Å². The van der Waals surface area contributed by atoms with Gasteiger partial charge in [0.05, 0.1) is 11.6 Å². The van der Waals surface area contributed by atoms with Crippen molar-refractivity contribution in [1.29, 1.82) is 5.26 Å². The lowest BCUT2D eigenvalue weighted by atomic mass is 10.00. The minimum Gasteiger partial charge on any atom is -0.480 e. The number of hydrogen-bond donors (Lipinski definition) is 1. The number of nitrogens with zero attached hydrogens (tertiary/aromatic N) is 1. The van der Waals surface area contributed by atoms with Crippen LogP contribution in [0, 0.1) is 17.2 Å². The summed E-state index contributed by atoms with van der Waals surface area (Å²) in [6.45, 7) is 0. The number of benzene rings is 1. The number of nitriles is 1. The minimum atomic E-state index is -4.34. The van der Waals surface area contributed by atoms with Gasteiger partial charge in [0.15, 0.2) is 0 Å². The summed E-state index contributed by atoms with van der Waals surface area (Å²) in [7, 11) is 0. The molecule has 0 amide bonds. The number of hydrogen-bond acceptors (Lipinski definition) is 2. The van der Waals surface area contributed by atoms with Gasteiger partial charge < -0.3 is 5.11 Å². The highest BCUT2D eigenvalue weighted by Gasteiger charge is 2.30. The summed E-state index contributed by atoms with van der Waals surface area (Å²) in [5, 5.41) is 17.3. The van der Waals surface area contributed by atoms with Gasteiger partial charge in [0.1, 0.15) is 5.92 Å². The molecule has 1 aromatic rings. The van der Waals surface area contributed by atoms with Crippen LogP contribution < -0.4 is 0 Å². The van der Waals surface area contributed by atoms with Crippen molar-refractivity contribution < 1.29 is 23.1 Å². The second kappa shape index (κ2) is 7.67. The number of rotatable bonds is 7. The van der Waals surface area contributed by atoms with Gasteiger partial charge in [-0.2, -0.15) is 18.4 Å².